The number of carbonyl (C=O) groups excluding carboxylic acids is 2. The zero-order chi connectivity index (χ0) is 13.6. The first-order chi connectivity index (χ1) is 7.74. The molecule has 5 nitrogen and oxygen atoms in total. The molecular weight excluding hydrogens is 220 g/mol. The van der Waals surface area contributed by atoms with Crippen molar-refractivity contribution in [1.82, 2.24) is 10.6 Å². The topological polar surface area (TPSA) is 67.4 Å². The first-order valence-corrected chi connectivity index (χ1v) is 5.82. The number of nitrogens with one attached hydrogen (secondary N) is 2. The number of hydrogen-bond acceptors (Lipinski definition) is 4. The van der Waals surface area contributed by atoms with Crippen molar-refractivity contribution >= 4 is 11.9 Å². The molecule has 0 fully saturated rings. The molecule has 2 N–H and O–H groups in total. The van der Waals surface area contributed by atoms with Gasteiger partial charge in [-0.3, -0.25) is 4.79 Å². The predicted molar refractivity (Wildman–Crippen MR) is 66.5 cm³/mol. The SMILES string of the molecule is CNC(C)(C)C(=O)NC(CC(C)C)C(=O)OC. The molecular formula is C12H24N2O3. The van der Waals surface area contributed by atoms with Crippen LogP contribution in [0.3, 0.4) is 0 Å². The maximum Gasteiger partial charge on any atom is 0.328 e. The van der Waals surface area contributed by atoms with Crippen LogP contribution in [-0.4, -0.2) is 37.6 Å². The number of likely N-dealkylation sites (N-methyl/N-ethyl adjacent to an activating group) is 1. The summed E-state index contributed by atoms with van der Waals surface area (Å²) in [7, 11) is 3.03. The van der Waals surface area contributed by atoms with Crippen LogP contribution in [0.1, 0.15) is 34.1 Å². The van der Waals surface area contributed by atoms with Gasteiger partial charge in [0, 0.05) is 0 Å². The molecule has 0 spiro atoms. The van der Waals surface area contributed by atoms with Crippen LogP contribution in [0.2, 0.25) is 0 Å². The Labute approximate surface area is 103 Å². The lowest BCUT2D eigenvalue weighted by molar-refractivity contribution is -0.146. The number of rotatable bonds is 6. The van der Waals surface area contributed by atoms with Gasteiger partial charge in [0.15, 0.2) is 0 Å². The van der Waals surface area contributed by atoms with Gasteiger partial charge in [0.05, 0.1) is 12.6 Å². The van der Waals surface area contributed by atoms with E-state index in [9.17, 15) is 9.59 Å². The third-order valence-corrected chi connectivity index (χ3v) is 2.69. The molecule has 0 aromatic heterocycles. The summed E-state index contributed by atoms with van der Waals surface area (Å²) in [6.45, 7) is 7.49. The van der Waals surface area contributed by atoms with Gasteiger partial charge < -0.3 is 15.4 Å². The van der Waals surface area contributed by atoms with Crippen LogP contribution in [0.15, 0.2) is 0 Å². The fourth-order valence-corrected chi connectivity index (χ4v) is 1.28. The van der Waals surface area contributed by atoms with Gasteiger partial charge in [-0.15, -0.1) is 0 Å². The highest BCUT2D eigenvalue weighted by atomic mass is 16.5. The Morgan fingerprint density at radius 1 is 1.29 bits per heavy atom. The summed E-state index contributed by atoms with van der Waals surface area (Å²) in [4.78, 5) is 23.5. The second-order valence-corrected chi connectivity index (χ2v) is 5.05. The molecule has 0 aromatic carbocycles. The maximum atomic E-state index is 11.9. The van der Waals surface area contributed by atoms with E-state index in [1.165, 1.54) is 7.11 Å². The molecule has 0 heterocycles. The van der Waals surface area contributed by atoms with Crippen molar-refractivity contribution in [3.05, 3.63) is 0 Å². The average molecular weight is 244 g/mol. The van der Waals surface area contributed by atoms with Gasteiger partial charge in [0.2, 0.25) is 5.91 Å². The minimum Gasteiger partial charge on any atom is -0.467 e. The lowest BCUT2D eigenvalue weighted by Crippen LogP contribution is -2.55. The number of methoxy groups -OCH3 is 1. The molecule has 1 amide bonds. The summed E-state index contributed by atoms with van der Waals surface area (Å²) < 4.78 is 4.69. The number of carbonyl (C=O) groups is 2. The Balaban J connectivity index is 4.64. The Bertz CT molecular complexity index is 275. The van der Waals surface area contributed by atoms with Gasteiger partial charge in [0.25, 0.3) is 0 Å². The van der Waals surface area contributed by atoms with Gasteiger partial charge in [-0.05, 0) is 33.2 Å². The van der Waals surface area contributed by atoms with Crippen LogP contribution in [0, 0.1) is 5.92 Å². The first-order valence-electron chi connectivity index (χ1n) is 5.82. The number of esters is 1. The summed E-state index contributed by atoms with van der Waals surface area (Å²) in [5.74, 6) is -0.313. The second kappa shape index (κ2) is 6.59. The smallest absolute Gasteiger partial charge is 0.328 e. The van der Waals surface area contributed by atoms with E-state index in [1.54, 1.807) is 20.9 Å². The van der Waals surface area contributed by atoms with E-state index in [-0.39, 0.29) is 5.91 Å². The summed E-state index contributed by atoms with van der Waals surface area (Å²) in [6.07, 6.45) is 0.568. The van der Waals surface area contributed by atoms with Crippen molar-refractivity contribution in [2.24, 2.45) is 5.92 Å². The van der Waals surface area contributed by atoms with Gasteiger partial charge in [0.1, 0.15) is 6.04 Å². The molecule has 0 radical (unpaired) electrons. The summed E-state index contributed by atoms with van der Waals surface area (Å²) >= 11 is 0. The fraction of sp³-hybridized carbons (Fsp3) is 0.833. The quantitative estimate of drug-likeness (QED) is 0.675. The standard InChI is InChI=1S/C12H24N2O3/c1-8(2)7-9(10(15)17-6)14-11(16)12(3,4)13-5/h8-9,13H,7H2,1-6H3,(H,14,16). The monoisotopic (exact) mass is 244 g/mol. The van der Waals surface area contributed by atoms with Crippen molar-refractivity contribution in [3.63, 3.8) is 0 Å². The second-order valence-electron chi connectivity index (χ2n) is 5.05. The van der Waals surface area contributed by atoms with E-state index < -0.39 is 17.6 Å². The highest BCUT2D eigenvalue weighted by Gasteiger charge is 2.30. The summed E-state index contributed by atoms with van der Waals surface area (Å²) in [5.41, 5.74) is -0.705. The van der Waals surface area contributed by atoms with Crippen molar-refractivity contribution in [3.8, 4) is 0 Å². The third kappa shape index (κ3) is 5.17. The molecule has 0 aliphatic carbocycles. The number of amides is 1. The number of ether oxygens (including phenoxy) is 1. The van der Waals surface area contributed by atoms with E-state index in [0.29, 0.717) is 12.3 Å². The summed E-state index contributed by atoms with van der Waals surface area (Å²) in [5, 5.41) is 5.61. The molecule has 0 rings (SSSR count). The molecule has 1 unspecified atom stereocenters. The molecule has 1 atom stereocenters. The minimum absolute atomic E-state index is 0.212. The van der Waals surface area contributed by atoms with Crippen LogP contribution >= 0.6 is 0 Å². The zero-order valence-electron chi connectivity index (χ0n) is 11.6. The van der Waals surface area contributed by atoms with Crippen LogP contribution in [-0.2, 0) is 14.3 Å². The molecule has 0 aliphatic rings. The highest BCUT2D eigenvalue weighted by molar-refractivity contribution is 5.89. The Hall–Kier alpha value is -1.10. The van der Waals surface area contributed by atoms with Crippen LogP contribution in [0.5, 0.6) is 0 Å². The average Bonchev–Trinajstić information content (AvgIpc) is 2.26. The van der Waals surface area contributed by atoms with E-state index >= 15 is 0 Å². The molecule has 0 bridgehead atoms. The minimum atomic E-state index is -0.705. The Kier molecular flexibility index (Phi) is 6.16. The van der Waals surface area contributed by atoms with Crippen molar-refractivity contribution in [1.29, 1.82) is 0 Å². The predicted octanol–water partition coefficient (Wildman–Crippen LogP) is 0.688. The maximum absolute atomic E-state index is 11.9. The van der Waals surface area contributed by atoms with E-state index in [2.05, 4.69) is 15.4 Å². The largest absolute Gasteiger partial charge is 0.467 e. The normalized spacial score (nSPS) is 13.4. The summed E-state index contributed by atoms with van der Waals surface area (Å²) in [6, 6.07) is -0.583. The molecule has 0 aromatic rings. The zero-order valence-corrected chi connectivity index (χ0v) is 11.6. The van der Waals surface area contributed by atoms with Crippen molar-refractivity contribution in [2.75, 3.05) is 14.2 Å². The van der Waals surface area contributed by atoms with E-state index in [4.69, 9.17) is 0 Å². The van der Waals surface area contributed by atoms with E-state index in [0.717, 1.165) is 0 Å². The van der Waals surface area contributed by atoms with Gasteiger partial charge in [-0.1, -0.05) is 13.8 Å². The van der Waals surface area contributed by atoms with Gasteiger partial charge in [-0.2, -0.15) is 0 Å². The van der Waals surface area contributed by atoms with Crippen molar-refractivity contribution < 1.29 is 14.3 Å². The van der Waals surface area contributed by atoms with Crippen LogP contribution < -0.4 is 10.6 Å². The Morgan fingerprint density at radius 2 is 1.82 bits per heavy atom. The van der Waals surface area contributed by atoms with Crippen LogP contribution in [0.25, 0.3) is 0 Å². The molecule has 0 aliphatic heterocycles. The number of hydrogen-bond donors (Lipinski definition) is 2. The molecule has 0 saturated heterocycles. The van der Waals surface area contributed by atoms with Crippen LogP contribution in [0.4, 0.5) is 0 Å². The van der Waals surface area contributed by atoms with Gasteiger partial charge >= 0.3 is 5.97 Å². The lowest BCUT2D eigenvalue weighted by Gasteiger charge is -2.26. The van der Waals surface area contributed by atoms with Crippen molar-refractivity contribution in [2.45, 2.75) is 45.7 Å². The highest BCUT2D eigenvalue weighted by Crippen LogP contribution is 2.08. The van der Waals surface area contributed by atoms with Gasteiger partial charge in [-0.25, -0.2) is 4.79 Å². The third-order valence-electron chi connectivity index (χ3n) is 2.69. The van der Waals surface area contributed by atoms with E-state index in [1.807, 2.05) is 13.8 Å². The first kappa shape index (κ1) is 15.9. The Morgan fingerprint density at radius 3 is 2.18 bits per heavy atom. The molecule has 17 heavy (non-hydrogen) atoms. The molecule has 100 valence electrons. The lowest BCUT2D eigenvalue weighted by atomic mass is 10.0. The molecule has 0 saturated carbocycles. The fourth-order valence-electron chi connectivity index (χ4n) is 1.28. The molecule has 5 heteroatoms.